The average molecular weight is 407 g/mol. The zero-order valence-corrected chi connectivity index (χ0v) is 16.8. The van der Waals surface area contributed by atoms with Crippen LogP contribution in [0.3, 0.4) is 0 Å². The van der Waals surface area contributed by atoms with E-state index < -0.39 is 5.97 Å². The molecule has 1 amide bonds. The van der Waals surface area contributed by atoms with Crippen molar-refractivity contribution in [2.75, 3.05) is 6.54 Å². The van der Waals surface area contributed by atoms with Gasteiger partial charge < -0.3 is 15.2 Å². The van der Waals surface area contributed by atoms with E-state index in [9.17, 15) is 9.59 Å². The van der Waals surface area contributed by atoms with E-state index in [1.807, 2.05) is 42.5 Å². The molecule has 0 aliphatic carbocycles. The summed E-state index contributed by atoms with van der Waals surface area (Å²) in [6.45, 7) is 2.20. The Kier molecular flexibility index (Phi) is 7.21. The molecule has 156 valence electrons. The van der Waals surface area contributed by atoms with Crippen molar-refractivity contribution in [1.29, 1.82) is 0 Å². The van der Waals surface area contributed by atoms with Crippen LogP contribution in [0.1, 0.15) is 48.2 Å². The first-order valence-electron chi connectivity index (χ1n) is 9.93. The normalized spacial score (nSPS) is 11.6. The summed E-state index contributed by atoms with van der Waals surface area (Å²) in [6, 6.07) is 16.9. The summed E-state index contributed by atoms with van der Waals surface area (Å²) in [5.74, 6) is -0.462. The van der Waals surface area contributed by atoms with E-state index in [4.69, 9.17) is 9.84 Å². The van der Waals surface area contributed by atoms with Crippen molar-refractivity contribution in [2.45, 2.75) is 32.3 Å². The highest BCUT2D eigenvalue weighted by Crippen LogP contribution is 2.28. The Morgan fingerprint density at radius 3 is 2.43 bits per heavy atom. The molecular formula is C23H25N3O4. The molecule has 0 radical (unpaired) electrons. The summed E-state index contributed by atoms with van der Waals surface area (Å²) >= 11 is 0. The number of carbonyl (C=O) groups is 2. The average Bonchev–Trinajstić information content (AvgIpc) is 3.29. The van der Waals surface area contributed by atoms with Gasteiger partial charge in [-0.25, -0.2) is 0 Å². The van der Waals surface area contributed by atoms with E-state index in [1.54, 1.807) is 18.3 Å². The van der Waals surface area contributed by atoms with Gasteiger partial charge in [-0.15, -0.1) is 0 Å². The van der Waals surface area contributed by atoms with Crippen LogP contribution in [0.2, 0.25) is 0 Å². The summed E-state index contributed by atoms with van der Waals surface area (Å²) in [4.78, 5) is 22.7. The summed E-state index contributed by atoms with van der Waals surface area (Å²) in [5.41, 5.74) is 3.36. The molecule has 30 heavy (non-hydrogen) atoms. The molecule has 2 aromatic carbocycles. The van der Waals surface area contributed by atoms with E-state index in [2.05, 4.69) is 22.4 Å². The predicted molar refractivity (Wildman–Crippen MR) is 113 cm³/mol. The molecule has 3 N–H and O–H groups in total. The predicted octanol–water partition coefficient (Wildman–Crippen LogP) is 4.20. The first-order valence-corrected chi connectivity index (χ1v) is 9.93. The van der Waals surface area contributed by atoms with Crippen LogP contribution in [0.15, 0.2) is 60.8 Å². The lowest BCUT2D eigenvalue weighted by Gasteiger charge is -2.19. The minimum Gasteiger partial charge on any atom is -0.486 e. The number of aromatic amines is 1. The number of H-pyrrole nitrogens is 1. The number of carbonyl (C=O) groups excluding carboxylic acids is 1. The monoisotopic (exact) mass is 407 g/mol. The molecule has 0 bridgehead atoms. The molecule has 1 heterocycles. The van der Waals surface area contributed by atoms with Crippen LogP contribution in [-0.4, -0.2) is 33.7 Å². The van der Waals surface area contributed by atoms with E-state index in [0.29, 0.717) is 5.56 Å². The molecule has 0 saturated heterocycles. The molecule has 7 nitrogen and oxygen atoms in total. The number of benzene rings is 2. The van der Waals surface area contributed by atoms with Crippen LogP contribution in [0.5, 0.6) is 5.75 Å². The minimum atomic E-state index is -0.942. The number of aromatic nitrogens is 2. The fourth-order valence-electron chi connectivity index (χ4n) is 3.08. The maximum Gasteiger partial charge on any atom is 0.305 e. The van der Waals surface area contributed by atoms with Gasteiger partial charge in [-0.05, 0) is 54.4 Å². The minimum absolute atomic E-state index is 0.102. The zero-order chi connectivity index (χ0) is 21.3. The van der Waals surface area contributed by atoms with Crippen LogP contribution < -0.4 is 10.1 Å². The molecule has 1 atom stereocenters. The summed E-state index contributed by atoms with van der Waals surface area (Å²) in [6.07, 6.45) is 3.34. The lowest BCUT2D eigenvalue weighted by molar-refractivity contribution is -0.136. The molecule has 0 aliphatic heterocycles. The van der Waals surface area contributed by atoms with Crippen molar-refractivity contribution < 1.29 is 19.4 Å². The van der Waals surface area contributed by atoms with Gasteiger partial charge in [-0.3, -0.25) is 14.7 Å². The van der Waals surface area contributed by atoms with Crippen LogP contribution in [0, 0.1) is 0 Å². The van der Waals surface area contributed by atoms with E-state index in [1.165, 1.54) is 0 Å². The lowest BCUT2D eigenvalue weighted by atomic mass is 10.0. The maximum absolute atomic E-state index is 12.1. The Hall–Kier alpha value is -3.61. The number of aliphatic carboxylic acids is 1. The molecule has 7 heteroatoms. The Balaban J connectivity index is 1.65. The maximum atomic E-state index is 12.1. The Morgan fingerprint density at radius 1 is 1.10 bits per heavy atom. The summed E-state index contributed by atoms with van der Waals surface area (Å²) < 4.78 is 6.21. The highest BCUT2D eigenvalue weighted by molar-refractivity contribution is 5.94. The molecular weight excluding hydrogens is 382 g/mol. The molecule has 0 spiro atoms. The number of ether oxygens (including phenoxy) is 1. The first-order chi connectivity index (χ1) is 14.6. The summed E-state index contributed by atoms with van der Waals surface area (Å²) in [7, 11) is 0. The highest BCUT2D eigenvalue weighted by Gasteiger charge is 2.14. The standard InChI is InChI=1S/C23H25N3O4/c1-2-3-21(30-19-10-8-16(9-11-19)20-12-15-25-26-20)17-4-6-18(7-5-17)23(29)24-14-13-22(27)28/h4-12,15,21H,2-3,13-14H2,1H3,(H,24,29)(H,25,26)(H,27,28). The Labute approximate surface area is 175 Å². The van der Waals surface area contributed by atoms with Gasteiger partial charge in [0.05, 0.1) is 12.1 Å². The number of hydrogen-bond acceptors (Lipinski definition) is 4. The van der Waals surface area contributed by atoms with E-state index in [-0.39, 0.29) is 25.0 Å². The topological polar surface area (TPSA) is 104 Å². The largest absolute Gasteiger partial charge is 0.486 e. The molecule has 0 aliphatic rings. The van der Waals surface area contributed by atoms with Gasteiger partial charge in [0.1, 0.15) is 11.9 Å². The number of amides is 1. The fraction of sp³-hybridized carbons (Fsp3) is 0.261. The van der Waals surface area contributed by atoms with Gasteiger partial charge in [0.2, 0.25) is 0 Å². The van der Waals surface area contributed by atoms with Crippen molar-refractivity contribution in [3.05, 3.63) is 71.9 Å². The smallest absolute Gasteiger partial charge is 0.305 e. The van der Waals surface area contributed by atoms with E-state index >= 15 is 0 Å². The quantitative estimate of drug-likeness (QED) is 0.467. The van der Waals surface area contributed by atoms with Gasteiger partial charge >= 0.3 is 5.97 Å². The molecule has 3 rings (SSSR count). The lowest BCUT2D eigenvalue weighted by Crippen LogP contribution is -2.26. The number of nitrogens with zero attached hydrogens (tertiary/aromatic N) is 1. The highest BCUT2D eigenvalue weighted by atomic mass is 16.5. The van der Waals surface area contributed by atoms with Crippen molar-refractivity contribution in [2.24, 2.45) is 0 Å². The third-order valence-electron chi connectivity index (χ3n) is 4.65. The molecule has 1 unspecified atom stereocenters. The second-order valence-electron chi connectivity index (χ2n) is 6.90. The van der Waals surface area contributed by atoms with Gasteiger partial charge in [0, 0.05) is 23.9 Å². The third kappa shape index (κ3) is 5.70. The Morgan fingerprint density at radius 2 is 1.83 bits per heavy atom. The second-order valence-corrected chi connectivity index (χ2v) is 6.90. The number of rotatable bonds is 10. The van der Waals surface area contributed by atoms with Crippen LogP contribution in [0.4, 0.5) is 0 Å². The number of hydrogen-bond donors (Lipinski definition) is 3. The summed E-state index contributed by atoms with van der Waals surface area (Å²) in [5, 5.41) is 18.2. The molecule has 0 saturated carbocycles. The van der Waals surface area contributed by atoms with Crippen LogP contribution >= 0.6 is 0 Å². The zero-order valence-electron chi connectivity index (χ0n) is 16.8. The van der Waals surface area contributed by atoms with Gasteiger partial charge in [-0.2, -0.15) is 5.10 Å². The third-order valence-corrected chi connectivity index (χ3v) is 4.65. The number of carboxylic acid groups (broad SMARTS) is 1. The molecule has 1 aromatic heterocycles. The van der Waals surface area contributed by atoms with Crippen molar-refractivity contribution in [3.8, 4) is 17.0 Å². The number of nitrogens with one attached hydrogen (secondary N) is 2. The molecule has 3 aromatic rings. The van der Waals surface area contributed by atoms with Gasteiger partial charge in [0.25, 0.3) is 5.91 Å². The van der Waals surface area contributed by atoms with Gasteiger partial charge in [0.15, 0.2) is 0 Å². The van der Waals surface area contributed by atoms with Crippen LogP contribution in [-0.2, 0) is 4.79 Å². The van der Waals surface area contributed by atoms with Crippen molar-refractivity contribution >= 4 is 11.9 Å². The van der Waals surface area contributed by atoms with Crippen LogP contribution in [0.25, 0.3) is 11.3 Å². The van der Waals surface area contributed by atoms with Crippen molar-refractivity contribution in [3.63, 3.8) is 0 Å². The van der Waals surface area contributed by atoms with Crippen molar-refractivity contribution in [1.82, 2.24) is 15.5 Å². The fourth-order valence-corrected chi connectivity index (χ4v) is 3.08. The first kappa shape index (κ1) is 21.1. The Bertz CT molecular complexity index is 951. The van der Waals surface area contributed by atoms with E-state index in [0.717, 1.165) is 35.4 Å². The van der Waals surface area contributed by atoms with Gasteiger partial charge in [-0.1, -0.05) is 25.5 Å². The SMILES string of the molecule is CCCC(Oc1ccc(-c2cc[nH]n2)cc1)c1ccc(C(=O)NCCC(=O)O)cc1. The second kappa shape index (κ2) is 10.2. The molecule has 0 fully saturated rings. The number of carboxylic acids is 1.